The molecule has 0 fully saturated rings. The number of ether oxygens (including phenoxy) is 4. The van der Waals surface area contributed by atoms with Gasteiger partial charge in [-0.3, -0.25) is 4.79 Å². The number of methoxy groups -OCH3 is 1. The first-order chi connectivity index (χ1) is 14.5. The molecule has 0 saturated heterocycles. The Kier molecular flexibility index (Phi) is 8.68. The molecule has 0 aliphatic rings. The summed E-state index contributed by atoms with van der Waals surface area (Å²) >= 11 is 0. The van der Waals surface area contributed by atoms with Crippen molar-refractivity contribution in [2.24, 2.45) is 5.10 Å². The van der Waals surface area contributed by atoms with Gasteiger partial charge in [0.1, 0.15) is 0 Å². The lowest BCUT2D eigenvalue weighted by atomic mass is 10.1. The summed E-state index contributed by atoms with van der Waals surface area (Å²) in [5, 5.41) is 3.97. The van der Waals surface area contributed by atoms with Crippen LogP contribution in [0.2, 0.25) is 0 Å². The van der Waals surface area contributed by atoms with Crippen LogP contribution in [0.3, 0.4) is 0 Å². The third-order valence-electron chi connectivity index (χ3n) is 3.88. The highest BCUT2D eigenvalue weighted by molar-refractivity contribution is 5.96. The van der Waals surface area contributed by atoms with Gasteiger partial charge in [0.15, 0.2) is 11.5 Å². The number of hydrogen-bond donors (Lipinski definition) is 1. The molecule has 0 unspecified atom stereocenters. The SMILES string of the molecule is CCOc1cc(C(=O)NN=Cc2ccc(C(=O)OC)cc2)cc(OCC)c1OCC. The summed E-state index contributed by atoms with van der Waals surface area (Å²) in [6.07, 6.45) is 1.47. The van der Waals surface area contributed by atoms with Crippen molar-refractivity contribution in [3.8, 4) is 17.2 Å². The zero-order chi connectivity index (χ0) is 21.9. The fourth-order valence-electron chi connectivity index (χ4n) is 2.57. The van der Waals surface area contributed by atoms with Gasteiger partial charge in [-0.25, -0.2) is 10.2 Å². The van der Waals surface area contributed by atoms with Crippen LogP contribution in [-0.2, 0) is 4.74 Å². The van der Waals surface area contributed by atoms with E-state index in [-0.39, 0.29) is 0 Å². The normalized spacial score (nSPS) is 10.5. The van der Waals surface area contributed by atoms with E-state index in [1.807, 2.05) is 20.8 Å². The molecule has 0 aliphatic carbocycles. The maximum absolute atomic E-state index is 12.6. The average Bonchev–Trinajstić information content (AvgIpc) is 2.76. The molecule has 2 aromatic rings. The molecule has 0 atom stereocenters. The Morgan fingerprint density at radius 2 is 1.47 bits per heavy atom. The molecular weight excluding hydrogens is 388 g/mol. The zero-order valence-corrected chi connectivity index (χ0v) is 17.6. The second-order valence-corrected chi connectivity index (χ2v) is 5.91. The lowest BCUT2D eigenvalue weighted by Crippen LogP contribution is -2.18. The summed E-state index contributed by atoms with van der Waals surface area (Å²) in [5.74, 6) is 0.475. The first kappa shape index (κ1) is 22.7. The fraction of sp³-hybridized carbons (Fsp3) is 0.318. The topological polar surface area (TPSA) is 95.5 Å². The maximum atomic E-state index is 12.6. The molecule has 0 spiro atoms. The van der Waals surface area contributed by atoms with E-state index in [4.69, 9.17) is 14.2 Å². The number of nitrogens with zero attached hydrogens (tertiary/aromatic N) is 1. The number of esters is 1. The van der Waals surface area contributed by atoms with Gasteiger partial charge in [0.25, 0.3) is 5.91 Å². The highest BCUT2D eigenvalue weighted by Crippen LogP contribution is 2.39. The standard InChI is InChI=1S/C22H26N2O6/c1-5-28-18-12-17(13-19(29-6-2)20(18)30-7-3)21(25)24-23-14-15-8-10-16(11-9-15)22(26)27-4/h8-14H,5-7H2,1-4H3,(H,24,25). The first-order valence-electron chi connectivity index (χ1n) is 9.62. The van der Waals surface area contributed by atoms with Gasteiger partial charge >= 0.3 is 5.97 Å². The lowest BCUT2D eigenvalue weighted by Gasteiger charge is -2.16. The van der Waals surface area contributed by atoms with E-state index in [1.54, 1.807) is 36.4 Å². The number of benzene rings is 2. The summed E-state index contributed by atoms with van der Waals surface area (Å²) in [5.41, 5.74) is 3.93. The number of hydrazone groups is 1. The monoisotopic (exact) mass is 414 g/mol. The van der Waals surface area contributed by atoms with Gasteiger partial charge in [0, 0.05) is 5.56 Å². The third kappa shape index (κ3) is 5.97. The molecule has 30 heavy (non-hydrogen) atoms. The molecule has 8 nitrogen and oxygen atoms in total. The van der Waals surface area contributed by atoms with Crippen LogP contribution in [0.1, 0.15) is 47.1 Å². The number of rotatable bonds is 10. The van der Waals surface area contributed by atoms with Crippen molar-refractivity contribution in [3.05, 3.63) is 53.1 Å². The minimum Gasteiger partial charge on any atom is -0.490 e. The van der Waals surface area contributed by atoms with Gasteiger partial charge in [0.05, 0.1) is 38.7 Å². The van der Waals surface area contributed by atoms with E-state index in [0.717, 1.165) is 0 Å². The van der Waals surface area contributed by atoms with Crippen molar-refractivity contribution < 1.29 is 28.5 Å². The molecule has 8 heteroatoms. The van der Waals surface area contributed by atoms with E-state index in [9.17, 15) is 9.59 Å². The number of nitrogens with one attached hydrogen (secondary N) is 1. The Bertz CT molecular complexity index is 866. The van der Waals surface area contributed by atoms with Crippen LogP contribution in [0, 0.1) is 0 Å². The Hall–Kier alpha value is -3.55. The van der Waals surface area contributed by atoms with Crippen molar-refractivity contribution in [2.75, 3.05) is 26.9 Å². The van der Waals surface area contributed by atoms with Crippen LogP contribution in [0.25, 0.3) is 0 Å². The second kappa shape index (κ2) is 11.5. The van der Waals surface area contributed by atoms with Gasteiger partial charge in [-0.05, 0) is 50.6 Å². The van der Waals surface area contributed by atoms with Crippen molar-refractivity contribution in [1.29, 1.82) is 0 Å². The van der Waals surface area contributed by atoms with E-state index >= 15 is 0 Å². The molecule has 0 radical (unpaired) electrons. The Morgan fingerprint density at radius 3 is 1.97 bits per heavy atom. The number of hydrogen-bond acceptors (Lipinski definition) is 7. The lowest BCUT2D eigenvalue weighted by molar-refractivity contribution is 0.0600. The average molecular weight is 414 g/mol. The van der Waals surface area contributed by atoms with Crippen LogP contribution >= 0.6 is 0 Å². The highest BCUT2D eigenvalue weighted by Gasteiger charge is 2.18. The molecule has 1 N–H and O–H groups in total. The Labute approximate surface area is 175 Å². The van der Waals surface area contributed by atoms with Crippen LogP contribution < -0.4 is 19.6 Å². The van der Waals surface area contributed by atoms with Gasteiger partial charge in [-0.2, -0.15) is 5.10 Å². The molecule has 0 bridgehead atoms. The molecular formula is C22H26N2O6. The summed E-state index contributed by atoms with van der Waals surface area (Å²) in [4.78, 5) is 24.0. The second-order valence-electron chi connectivity index (χ2n) is 5.91. The molecule has 0 aliphatic heterocycles. The quantitative estimate of drug-likeness (QED) is 0.364. The number of carbonyl (C=O) groups excluding carboxylic acids is 2. The van der Waals surface area contributed by atoms with E-state index in [1.165, 1.54) is 13.3 Å². The molecule has 2 aromatic carbocycles. The van der Waals surface area contributed by atoms with Crippen LogP contribution in [-0.4, -0.2) is 45.0 Å². The van der Waals surface area contributed by atoms with Crippen molar-refractivity contribution in [1.82, 2.24) is 5.43 Å². The van der Waals surface area contributed by atoms with Crippen molar-refractivity contribution in [2.45, 2.75) is 20.8 Å². The highest BCUT2D eigenvalue weighted by atomic mass is 16.5. The largest absolute Gasteiger partial charge is 0.490 e. The Morgan fingerprint density at radius 1 is 0.900 bits per heavy atom. The predicted octanol–water partition coefficient (Wildman–Crippen LogP) is 3.43. The van der Waals surface area contributed by atoms with E-state index in [0.29, 0.717) is 53.8 Å². The maximum Gasteiger partial charge on any atom is 0.337 e. The smallest absolute Gasteiger partial charge is 0.337 e. The van der Waals surface area contributed by atoms with Crippen LogP contribution in [0.5, 0.6) is 17.2 Å². The fourth-order valence-corrected chi connectivity index (χ4v) is 2.57. The molecule has 1 amide bonds. The summed E-state index contributed by atoms with van der Waals surface area (Å²) in [7, 11) is 1.32. The summed E-state index contributed by atoms with van der Waals surface area (Å²) < 4.78 is 21.5. The predicted molar refractivity (Wildman–Crippen MR) is 113 cm³/mol. The van der Waals surface area contributed by atoms with Crippen molar-refractivity contribution >= 4 is 18.1 Å². The zero-order valence-electron chi connectivity index (χ0n) is 17.6. The third-order valence-corrected chi connectivity index (χ3v) is 3.88. The van der Waals surface area contributed by atoms with E-state index in [2.05, 4.69) is 15.3 Å². The van der Waals surface area contributed by atoms with Crippen LogP contribution in [0.4, 0.5) is 0 Å². The number of carbonyl (C=O) groups is 2. The first-order valence-corrected chi connectivity index (χ1v) is 9.62. The molecule has 2 rings (SSSR count). The van der Waals surface area contributed by atoms with Crippen molar-refractivity contribution in [3.63, 3.8) is 0 Å². The van der Waals surface area contributed by atoms with Gasteiger partial charge in [0.2, 0.25) is 5.75 Å². The summed E-state index contributed by atoms with van der Waals surface area (Å²) in [6, 6.07) is 9.80. The molecule has 0 saturated carbocycles. The summed E-state index contributed by atoms with van der Waals surface area (Å²) in [6.45, 7) is 6.81. The Balaban J connectivity index is 2.17. The minimum atomic E-state index is -0.428. The molecule has 0 aromatic heterocycles. The van der Waals surface area contributed by atoms with Gasteiger partial charge < -0.3 is 18.9 Å². The number of amides is 1. The van der Waals surface area contributed by atoms with Gasteiger partial charge in [-0.15, -0.1) is 0 Å². The van der Waals surface area contributed by atoms with E-state index < -0.39 is 11.9 Å². The van der Waals surface area contributed by atoms with Crippen LogP contribution in [0.15, 0.2) is 41.5 Å². The molecule has 0 heterocycles. The van der Waals surface area contributed by atoms with Gasteiger partial charge in [-0.1, -0.05) is 12.1 Å². The minimum absolute atomic E-state index is 0.323. The molecule has 160 valence electrons.